The van der Waals surface area contributed by atoms with Gasteiger partial charge in [-0.2, -0.15) is 0 Å². The average molecular weight is 374 g/mol. The van der Waals surface area contributed by atoms with Gasteiger partial charge in [-0.05, 0) is 44.2 Å². The number of carboxylic acid groups (broad SMARTS) is 1. The minimum atomic E-state index is -1.71. The second-order valence-corrected chi connectivity index (χ2v) is 7.72. The van der Waals surface area contributed by atoms with Gasteiger partial charge < -0.3 is 20.4 Å². The number of nitrogens with zero attached hydrogens (tertiary/aromatic N) is 1. The lowest BCUT2D eigenvalue weighted by atomic mass is 9.66. The normalized spacial score (nSPS) is 26.1. The molecule has 0 saturated heterocycles. The topological polar surface area (TPSA) is 110 Å². The molecule has 1 aromatic carbocycles. The Balaban J connectivity index is 2.15. The minimum absolute atomic E-state index is 0.138. The van der Waals surface area contributed by atoms with Crippen LogP contribution in [0.15, 0.2) is 24.3 Å². The molecule has 1 aliphatic carbocycles. The lowest BCUT2D eigenvalue weighted by Gasteiger charge is -2.47. The lowest BCUT2D eigenvalue weighted by Crippen LogP contribution is -2.60. The summed E-state index contributed by atoms with van der Waals surface area (Å²) in [6.07, 6.45) is 1.97. The summed E-state index contributed by atoms with van der Waals surface area (Å²) in [6, 6.07) is 7.02. The SMILES string of the molecule is CC(C)OC(=O)N1c2ccccc2C(C(N)(CC=O)C(=O)O)C2CCCC21. The zero-order valence-corrected chi connectivity index (χ0v) is 15.6. The van der Waals surface area contributed by atoms with E-state index in [4.69, 9.17) is 10.5 Å². The van der Waals surface area contributed by atoms with Crippen molar-refractivity contribution in [3.63, 3.8) is 0 Å². The molecule has 4 atom stereocenters. The molecule has 0 aromatic heterocycles. The van der Waals surface area contributed by atoms with Crippen LogP contribution in [0.25, 0.3) is 0 Å². The van der Waals surface area contributed by atoms with Crippen molar-refractivity contribution in [2.45, 2.75) is 63.1 Å². The van der Waals surface area contributed by atoms with Gasteiger partial charge in [0, 0.05) is 18.4 Å². The van der Waals surface area contributed by atoms with Crippen LogP contribution in [0.1, 0.15) is 51.0 Å². The molecule has 0 radical (unpaired) electrons. The number of fused-ring (bicyclic) bond motifs is 2. The fourth-order valence-electron chi connectivity index (χ4n) is 4.69. The van der Waals surface area contributed by atoms with Gasteiger partial charge in [-0.25, -0.2) is 4.79 Å². The predicted octanol–water partition coefficient (Wildman–Crippen LogP) is 2.68. The number of para-hydroxylation sites is 1. The van der Waals surface area contributed by atoms with Gasteiger partial charge >= 0.3 is 12.1 Å². The van der Waals surface area contributed by atoms with E-state index in [1.165, 1.54) is 0 Å². The number of hydrogen-bond donors (Lipinski definition) is 2. The third-order valence-corrected chi connectivity index (χ3v) is 5.73. The molecule has 7 nitrogen and oxygen atoms in total. The van der Waals surface area contributed by atoms with Crippen LogP contribution in [0, 0.1) is 5.92 Å². The zero-order chi connectivity index (χ0) is 19.8. The van der Waals surface area contributed by atoms with Gasteiger partial charge in [-0.15, -0.1) is 0 Å². The van der Waals surface area contributed by atoms with Gasteiger partial charge in [0.2, 0.25) is 0 Å². The predicted molar refractivity (Wildman–Crippen MR) is 99.6 cm³/mol. The van der Waals surface area contributed by atoms with Crippen molar-refractivity contribution >= 4 is 24.0 Å². The summed E-state index contributed by atoms with van der Waals surface area (Å²) in [4.78, 5) is 37.8. The first kappa shape index (κ1) is 19.4. The largest absolute Gasteiger partial charge is 0.480 e. The molecule has 27 heavy (non-hydrogen) atoms. The minimum Gasteiger partial charge on any atom is -0.480 e. The smallest absolute Gasteiger partial charge is 0.414 e. The van der Waals surface area contributed by atoms with Gasteiger partial charge in [-0.3, -0.25) is 9.69 Å². The first-order valence-electron chi connectivity index (χ1n) is 9.36. The number of hydrogen-bond acceptors (Lipinski definition) is 5. The molecule has 2 aliphatic rings. The van der Waals surface area contributed by atoms with E-state index < -0.39 is 23.5 Å². The van der Waals surface area contributed by atoms with Gasteiger partial charge in [0.05, 0.1) is 11.8 Å². The third kappa shape index (κ3) is 3.20. The van der Waals surface area contributed by atoms with Crippen molar-refractivity contribution in [1.82, 2.24) is 0 Å². The van der Waals surface area contributed by atoms with Crippen molar-refractivity contribution in [3.8, 4) is 0 Å². The molecule has 1 amide bonds. The quantitative estimate of drug-likeness (QED) is 0.767. The molecule has 4 unspecified atom stereocenters. The van der Waals surface area contributed by atoms with E-state index in [0.717, 1.165) is 19.3 Å². The maximum Gasteiger partial charge on any atom is 0.414 e. The molecule has 3 N–H and O–H groups in total. The van der Waals surface area contributed by atoms with Crippen LogP contribution in [0.2, 0.25) is 0 Å². The number of nitrogens with two attached hydrogens (primary N) is 1. The highest BCUT2D eigenvalue weighted by atomic mass is 16.6. The standard InChI is InChI=1S/C20H26N2O5/c1-12(2)27-19(26)22-15-8-4-3-6-13(15)17(14-7-5-9-16(14)22)20(21,10-11-23)18(24)25/h3-4,6,8,11-12,14,16-17H,5,7,9-10,21H2,1-2H3,(H,24,25). The number of carboxylic acids is 1. The number of aldehydes is 1. The number of benzene rings is 1. The Hall–Kier alpha value is -2.41. The second-order valence-electron chi connectivity index (χ2n) is 7.72. The number of carbonyl (C=O) groups excluding carboxylic acids is 2. The fraction of sp³-hybridized carbons (Fsp3) is 0.550. The summed E-state index contributed by atoms with van der Waals surface area (Å²) in [5, 5.41) is 9.87. The molecule has 1 aromatic rings. The van der Waals surface area contributed by atoms with E-state index in [1.807, 2.05) is 0 Å². The lowest BCUT2D eigenvalue weighted by molar-refractivity contribution is -0.146. The Kier molecular flexibility index (Phi) is 5.24. The number of amides is 1. The third-order valence-electron chi connectivity index (χ3n) is 5.73. The van der Waals surface area contributed by atoms with E-state index in [0.29, 0.717) is 17.5 Å². The van der Waals surface area contributed by atoms with Gasteiger partial charge in [0.1, 0.15) is 11.8 Å². The highest BCUT2D eigenvalue weighted by Crippen LogP contribution is 2.53. The van der Waals surface area contributed by atoms with Crippen LogP contribution in [0.5, 0.6) is 0 Å². The van der Waals surface area contributed by atoms with Crippen LogP contribution >= 0.6 is 0 Å². The van der Waals surface area contributed by atoms with Crippen LogP contribution in [-0.4, -0.2) is 41.1 Å². The molecule has 0 spiro atoms. The van der Waals surface area contributed by atoms with Gasteiger partial charge in [-0.1, -0.05) is 24.6 Å². The summed E-state index contributed by atoms with van der Waals surface area (Å²) >= 11 is 0. The maximum atomic E-state index is 12.8. The Morgan fingerprint density at radius 3 is 2.70 bits per heavy atom. The van der Waals surface area contributed by atoms with Crippen molar-refractivity contribution in [2.75, 3.05) is 4.90 Å². The Labute approximate surface area is 158 Å². The van der Waals surface area contributed by atoms with E-state index in [1.54, 1.807) is 43.0 Å². The van der Waals surface area contributed by atoms with Crippen LogP contribution in [-0.2, 0) is 14.3 Å². The molecule has 1 saturated carbocycles. The van der Waals surface area contributed by atoms with E-state index in [2.05, 4.69) is 0 Å². The van der Waals surface area contributed by atoms with Crippen LogP contribution in [0.3, 0.4) is 0 Å². The molecular weight excluding hydrogens is 348 g/mol. The highest BCUT2D eigenvalue weighted by molar-refractivity contribution is 5.92. The zero-order valence-electron chi connectivity index (χ0n) is 15.6. The Morgan fingerprint density at radius 1 is 1.37 bits per heavy atom. The first-order chi connectivity index (χ1) is 12.8. The summed E-state index contributed by atoms with van der Waals surface area (Å²) in [7, 11) is 0. The molecular formula is C20H26N2O5. The number of aliphatic carboxylic acids is 1. The molecule has 1 aliphatic heterocycles. The van der Waals surface area contributed by atoms with E-state index in [-0.39, 0.29) is 24.5 Å². The van der Waals surface area contributed by atoms with Gasteiger partial charge in [0.15, 0.2) is 0 Å². The summed E-state index contributed by atoms with van der Waals surface area (Å²) in [6.45, 7) is 3.59. The maximum absolute atomic E-state index is 12.8. The van der Waals surface area contributed by atoms with Crippen LogP contribution in [0.4, 0.5) is 10.5 Å². The molecule has 1 fully saturated rings. The molecule has 1 heterocycles. The monoisotopic (exact) mass is 374 g/mol. The molecule has 0 bridgehead atoms. The van der Waals surface area contributed by atoms with Gasteiger partial charge in [0.25, 0.3) is 0 Å². The van der Waals surface area contributed by atoms with Crippen molar-refractivity contribution in [2.24, 2.45) is 11.7 Å². The molecule has 3 rings (SSSR count). The molecule has 7 heteroatoms. The average Bonchev–Trinajstić information content (AvgIpc) is 3.07. The van der Waals surface area contributed by atoms with Crippen molar-refractivity contribution in [1.29, 1.82) is 0 Å². The Bertz CT molecular complexity index is 750. The number of anilines is 1. The first-order valence-corrected chi connectivity index (χ1v) is 9.36. The number of carbonyl (C=O) groups is 3. The fourth-order valence-corrected chi connectivity index (χ4v) is 4.69. The summed E-state index contributed by atoms with van der Waals surface area (Å²) in [5.41, 5.74) is 5.94. The Morgan fingerprint density at radius 2 is 2.07 bits per heavy atom. The van der Waals surface area contributed by atoms with E-state index >= 15 is 0 Å². The van der Waals surface area contributed by atoms with Crippen LogP contribution < -0.4 is 10.6 Å². The van der Waals surface area contributed by atoms with Crippen molar-refractivity contribution < 1.29 is 24.2 Å². The summed E-state index contributed by atoms with van der Waals surface area (Å²) < 4.78 is 5.45. The van der Waals surface area contributed by atoms with Crippen molar-refractivity contribution in [3.05, 3.63) is 29.8 Å². The highest BCUT2D eigenvalue weighted by Gasteiger charge is 2.55. The second kappa shape index (κ2) is 7.31. The number of rotatable bonds is 5. The summed E-state index contributed by atoms with van der Waals surface area (Å²) in [5.74, 6) is -1.88. The van der Waals surface area contributed by atoms with E-state index in [9.17, 15) is 19.5 Å². The number of ether oxygens (including phenoxy) is 1. The molecule has 146 valence electrons.